The van der Waals surface area contributed by atoms with Crippen molar-refractivity contribution in [2.24, 2.45) is 0 Å². The molecule has 1 N–H and O–H groups in total. The molecule has 0 saturated heterocycles. The van der Waals surface area contributed by atoms with Gasteiger partial charge in [0.15, 0.2) is 18.2 Å². The SMILES string of the molecule is Cc1cccc(CCCNC(=O)COc2ccccc2F)c1. The number of carbonyl (C=O) groups excluding carboxylic acids is 1. The molecule has 0 aliphatic heterocycles. The van der Waals surface area contributed by atoms with Crippen molar-refractivity contribution in [1.29, 1.82) is 0 Å². The number of hydrogen-bond acceptors (Lipinski definition) is 2. The van der Waals surface area contributed by atoms with Gasteiger partial charge in [-0.3, -0.25) is 4.79 Å². The standard InChI is InChI=1S/C18H20FNO2/c1-14-6-4-7-15(12-14)8-5-11-20-18(21)13-22-17-10-3-2-9-16(17)19/h2-4,6-7,9-10,12H,5,8,11,13H2,1H3,(H,20,21). The second-order valence-corrected chi connectivity index (χ2v) is 5.16. The first-order valence-corrected chi connectivity index (χ1v) is 7.35. The molecule has 0 aromatic heterocycles. The van der Waals surface area contributed by atoms with E-state index in [1.54, 1.807) is 12.1 Å². The molecule has 3 nitrogen and oxygen atoms in total. The first-order valence-electron chi connectivity index (χ1n) is 7.35. The van der Waals surface area contributed by atoms with Crippen LogP contribution in [0.25, 0.3) is 0 Å². The van der Waals surface area contributed by atoms with Crippen molar-refractivity contribution < 1.29 is 13.9 Å². The van der Waals surface area contributed by atoms with Crippen LogP contribution in [0.3, 0.4) is 0 Å². The third-order valence-corrected chi connectivity index (χ3v) is 3.24. The summed E-state index contributed by atoms with van der Waals surface area (Å²) in [5, 5.41) is 2.77. The fourth-order valence-electron chi connectivity index (χ4n) is 2.14. The number of rotatable bonds is 7. The normalized spacial score (nSPS) is 10.3. The molecule has 0 saturated carbocycles. The van der Waals surface area contributed by atoms with Crippen molar-refractivity contribution in [2.45, 2.75) is 19.8 Å². The van der Waals surface area contributed by atoms with E-state index in [1.807, 2.05) is 6.07 Å². The predicted molar refractivity (Wildman–Crippen MR) is 84.4 cm³/mol. The Balaban J connectivity index is 1.65. The molecule has 0 spiro atoms. The molecule has 0 aliphatic carbocycles. The Hall–Kier alpha value is -2.36. The van der Waals surface area contributed by atoms with Gasteiger partial charge in [-0.2, -0.15) is 0 Å². The second kappa shape index (κ2) is 8.17. The zero-order valence-electron chi connectivity index (χ0n) is 12.6. The molecule has 0 heterocycles. The number of halogens is 1. The van der Waals surface area contributed by atoms with E-state index in [0.29, 0.717) is 6.54 Å². The number of amides is 1. The van der Waals surface area contributed by atoms with E-state index in [1.165, 1.54) is 23.3 Å². The zero-order chi connectivity index (χ0) is 15.8. The fourth-order valence-corrected chi connectivity index (χ4v) is 2.14. The lowest BCUT2D eigenvalue weighted by molar-refractivity contribution is -0.123. The molecule has 4 heteroatoms. The smallest absolute Gasteiger partial charge is 0.257 e. The molecule has 22 heavy (non-hydrogen) atoms. The molecule has 2 aromatic rings. The van der Waals surface area contributed by atoms with Crippen LogP contribution in [-0.2, 0) is 11.2 Å². The summed E-state index contributed by atoms with van der Waals surface area (Å²) in [7, 11) is 0. The van der Waals surface area contributed by atoms with Gasteiger partial charge in [0.1, 0.15) is 0 Å². The minimum atomic E-state index is -0.463. The van der Waals surface area contributed by atoms with Crippen LogP contribution < -0.4 is 10.1 Å². The van der Waals surface area contributed by atoms with Gasteiger partial charge < -0.3 is 10.1 Å². The summed E-state index contributed by atoms with van der Waals surface area (Å²) in [5.74, 6) is -0.611. The number of carbonyl (C=O) groups is 1. The average Bonchev–Trinajstić information content (AvgIpc) is 2.51. The van der Waals surface area contributed by atoms with Gasteiger partial charge in [0.25, 0.3) is 5.91 Å². The maximum absolute atomic E-state index is 13.3. The summed E-state index contributed by atoms with van der Waals surface area (Å²) in [4.78, 5) is 11.6. The summed E-state index contributed by atoms with van der Waals surface area (Å²) in [6.45, 7) is 2.46. The summed E-state index contributed by atoms with van der Waals surface area (Å²) in [6, 6.07) is 14.4. The lowest BCUT2D eigenvalue weighted by Crippen LogP contribution is -2.30. The third-order valence-electron chi connectivity index (χ3n) is 3.24. The first-order chi connectivity index (χ1) is 10.6. The van der Waals surface area contributed by atoms with Crippen LogP contribution in [-0.4, -0.2) is 19.1 Å². The van der Waals surface area contributed by atoms with Gasteiger partial charge in [0, 0.05) is 6.54 Å². The zero-order valence-corrected chi connectivity index (χ0v) is 12.6. The highest BCUT2D eigenvalue weighted by atomic mass is 19.1. The number of para-hydroxylation sites is 1. The van der Waals surface area contributed by atoms with Crippen molar-refractivity contribution in [1.82, 2.24) is 5.32 Å². The number of aryl methyl sites for hydroxylation is 2. The number of ether oxygens (including phenoxy) is 1. The van der Waals surface area contributed by atoms with Crippen LogP contribution >= 0.6 is 0 Å². The largest absolute Gasteiger partial charge is 0.481 e. The monoisotopic (exact) mass is 301 g/mol. The molecule has 0 atom stereocenters. The van der Waals surface area contributed by atoms with Gasteiger partial charge >= 0.3 is 0 Å². The summed E-state index contributed by atoms with van der Waals surface area (Å²) in [5.41, 5.74) is 2.50. The molecule has 2 aromatic carbocycles. The number of hydrogen-bond donors (Lipinski definition) is 1. The second-order valence-electron chi connectivity index (χ2n) is 5.16. The molecule has 0 fully saturated rings. The van der Waals surface area contributed by atoms with Crippen LogP contribution in [0, 0.1) is 12.7 Å². The van der Waals surface area contributed by atoms with Crippen molar-refractivity contribution in [2.75, 3.05) is 13.2 Å². The van der Waals surface area contributed by atoms with Crippen LogP contribution in [0.2, 0.25) is 0 Å². The Bertz CT molecular complexity index is 628. The minimum absolute atomic E-state index is 0.0948. The van der Waals surface area contributed by atoms with E-state index in [2.05, 4.69) is 30.4 Å². The van der Waals surface area contributed by atoms with Gasteiger partial charge in [0.2, 0.25) is 0 Å². The van der Waals surface area contributed by atoms with Crippen LogP contribution in [0.1, 0.15) is 17.5 Å². The molecule has 2 rings (SSSR count). The van der Waals surface area contributed by atoms with E-state index in [9.17, 15) is 9.18 Å². The summed E-state index contributed by atoms with van der Waals surface area (Å²) < 4.78 is 18.5. The van der Waals surface area contributed by atoms with Crippen LogP contribution in [0.4, 0.5) is 4.39 Å². The summed E-state index contributed by atoms with van der Waals surface area (Å²) in [6.07, 6.45) is 1.77. The highest BCUT2D eigenvalue weighted by Gasteiger charge is 2.05. The van der Waals surface area contributed by atoms with Crippen molar-refractivity contribution >= 4 is 5.91 Å². The Kier molecular flexibility index (Phi) is 5.95. The minimum Gasteiger partial charge on any atom is -0.481 e. The van der Waals surface area contributed by atoms with Crippen LogP contribution in [0.5, 0.6) is 5.75 Å². The Morgan fingerprint density at radius 2 is 2.00 bits per heavy atom. The highest BCUT2D eigenvalue weighted by molar-refractivity contribution is 5.77. The summed E-state index contributed by atoms with van der Waals surface area (Å²) >= 11 is 0. The van der Waals surface area contributed by atoms with Crippen molar-refractivity contribution in [3.63, 3.8) is 0 Å². The predicted octanol–water partition coefficient (Wildman–Crippen LogP) is 3.26. The Morgan fingerprint density at radius 1 is 1.18 bits per heavy atom. The average molecular weight is 301 g/mol. The molecular weight excluding hydrogens is 281 g/mol. The Morgan fingerprint density at radius 3 is 2.77 bits per heavy atom. The molecule has 0 radical (unpaired) electrons. The fraction of sp³-hybridized carbons (Fsp3) is 0.278. The van der Waals surface area contributed by atoms with Gasteiger partial charge in [-0.1, -0.05) is 42.0 Å². The molecule has 0 aliphatic rings. The van der Waals surface area contributed by atoms with E-state index in [0.717, 1.165) is 12.8 Å². The maximum atomic E-state index is 13.3. The van der Waals surface area contributed by atoms with Gasteiger partial charge in [-0.05, 0) is 37.5 Å². The Labute approximate surface area is 130 Å². The highest BCUT2D eigenvalue weighted by Crippen LogP contribution is 2.14. The molecule has 0 bridgehead atoms. The van der Waals surface area contributed by atoms with Crippen molar-refractivity contribution in [3.05, 3.63) is 65.5 Å². The molecule has 116 valence electrons. The van der Waals surface area contributed by atoms with Crippen LogP contribution in [0.15, 0.2) is 48.5 Å². The molecule has 1 amide bonds. The van der Waals surface area contributed by atoms with Gasteiger partial charge in [-0.25, -0.2) is 4.39 Å². The first kappa shape index (κ1) is 16.0. The number of nitrogens with one attached hydrogen (secondary N) is 1. The quantitative estimate of drug-likeness (QED) is 0.797. The molecule has 0 unspecified atom stereocenters. The van der Waals surface area contributed by atoms with E-state index in [4.69, 9.17) is 4.74 Å². The lowest BCUT2D eigenvalue weighted by Gasteiger charge is -2.08. The lowest BCUT2D eigenvalue weighted by atomic mass is 10.1. The molecular formula is C18H20FNO2. The van der Waals surface area contributed by atoms with E-state index in [-0.39, 0.29) is 18.3 Å². The van der Waals surface area contributed by atoms with E-state index >= 15 is 0 Å². The maximum Gasteiger partial charge on any atom is 0.257 e. The van der Waals surface area contributed by atoms with Gasteiger partial charge in [0.05, 0.1) is 0 Å². The van der Waals surface area contributed by atoms with Gasteiger partial charge in [-0.15, -0.1) is 0 Å². The third kappa shape index (κ3) is 5.20. The van der Waals surface area contributed by atoms with Crippen molar-refractivity contribution in [3.8, 4) is 5.75 Å². The van der Waals surface area contributed by atoms with E-state index < -0.39 is 5.82 Å². The topological polar surface area (TPSA) is 38.3 Å². The number of benzene rings is 2.